The SMILES string of the molecule is O=C([O-])COc1ccccc1-c1[nH]c(-c2ccccc2)c(-c2ccccc2)[nH+]1. The predicted octanol–water partition coefficient (Wildman–Crippen LogP) is 2.96. The van der Waals surface area contributed by atoms with Crippen molar-refractivity contribution in [1.29, 1.82) is 0 Å². The molecule has 0 fully saturated rings. The molecule has 0 saturated carbocycles. The highest BCUT2D eigenvalue weighted by Gasteiger charge is 2.23. The number of ether oxygens (including phenoxy) is 1. The normalized spacial score (nSPS) is 10.6. The molecule has 138 valence electrons. The number of carboxylic acid groups (broad SMARTS) is 1. The third kappa shape index (κ3) is 3.64. The lowest BCUT2D eigenvalue weighted by Gasteiger charge is -2.08. The number of carbonyl (C=O) groups is 1. The fraction of sp³-hybridized carbons (Fsp3) is 0.0435. The topological polar surface area (TPSA) is 79.3 Å². The monoisotopic (exact) mass is 370 g/mol. The van der Waals surface area contributed by atoms with Crippen LogP contribution in [0.5, 0.6) is 5.75 Å². The van der Waals surface area contributed by atoms with Gasteiger partial charge in [-0.05, 0) is 12.1 Å². The van der Waals surface area contributed by atoms with Gasteiger partial charge >= 0.3 is 0 Å². The quantitative estimate of drug-likeness (QED) is 0.567. The minimum absolute atomic E-state index is 0.462. The van der Waals surface area contributed by atoms with E-state index < -0.39 is 12.6 Å². The van der Waals surface area contributed by atoms with E-state index in [-0.39, 0.29) is 0 Å². The number of para-hydroxylation sites is 1. The molecule has 0 aliphatic heterocycles. The van der Waals surface area contributed by atoms with Crippen molar-refractivity contribution < 1.29 is 19.6 Å². The van der Waals surface area contributed by atoms with Crippen molar-refractivity contribution in [3.05, 3.63) is 84.9 Å². The van der Waals surface area contributed by atoms with Crippen LogP contribution in [0.3, 0.4) is 0 Å². The Hall–Kier alpha value is -3.86. The van der Waals surface area contributed by atoms with Gasteiger partial charge < -0.3 is 14.6 Å². The van der Waals surface area contributed by atoms with E-state index in [1.54, 1.807) is 12.1 Å². The van der Waals surface area contributed by atoms with Gasteiger partial charge in [-0.2, -0.15) is 0 Å². The number of aromatic amines is 2. The van der Waals surface area contributed by atoms with Gasteiger partial charge in [0.15, 0.2) is 11.4 Å². The Morgan fingerprint density at radius 1 is 0.857 bits per heavy atom. The summed E-state index contributed by atoms with van der Waals surface area (Å²) in [5.74, 6) is -0.0738. The standard InChI is InChI=1S/C23H18N2O3/c26-20(27)15-28-19-14-8-7-13-18(19)23-24-21(16-9-3-1-4-10-16)22(25-23)17-11-5-2-6-12-17/h1-14H,15H2,(H,24,25)(H,26,27). The van der Waals surface area contributed by atoms with E-state index in [9.17, 15) is 9.90 Å². The van der Waals surface area contributed by atoms with Crippen molar-refractivity contribution in [2.24, 2.45) is 0 Å². The van der Waals surface area contributed by atoms with Crippen LogP contribution in [0.15, 0.2) is 84.9 Å². The summed E-state index contributed by atoms with van der Waals surface area (Å²) in [5.41, 5.74) is 4.70. The van der Waals surface area contributed by atoms with Crippen molar-refractivity contribution in [2.75, 3.05) is 6.61 Å². The van der Waals surface area contributed by atoms with E-state index in [4.69, 9.17) is 4.74 Å². The van der Waals surface area contributed by atoms with Crippen LogP contribution in [-0.4, -0.2) is 17.6 Å². The molecule has 0 radical (unpaired) electrons. The lowest BCUT2D eigenvalue weighted by molar-refractivity contribution is -0.349. The summed E-state index contributed by atoms with van der Waals surface area (Å²) in [7, 11) is 0. The minimum atomic E-state index is -1.26. The van der Waals surface area contributed by atoms with Crippen LogP contribution in [0.1, 0.15) is 0 Å². The lowest BCUT2D eigenvalue weighted by atomic mass is 10.1. The molecule has 0 amide bonds. The first-order valence-electron chi connectivity index (χ1n) is 8.90. The third-order valence-electron chi connectivity index (χ3n) is 4.38. The van der Waals surface area contributed by atoms with Crippen molar-refractivity contribution in [1.82, 2.24) is 4.98 Å². The zero-order valence-electron chi connectivity index (χ0n) is 15.0. The number of nitrogens with one attached hydrogen (secondary N) is 2. The average molecular weight is 370 g/mol. The first-order chi connectivity index (χ1) is 13.7. The molecule has 1 heterocycles. The van der Waals surface area contributed by atoms with Gasteiger partial charge in [-0.25, -0.2) is 9.97 Å². The van der Waals surface area contributed by atoms with Crippen LogP contribution in [0.2, 0.25) is 0 Å². The largest absolute Gasteiger partial charge is 0.546 e. The van der Waals surface area contributed by atoms with E-state index in [1.807, 2.05) is 72.8 Å². The highest BCUT2D eigenvalue weighted by Crippen LogP contribution is 2.33. The van der Waals surface area contributed by atoms with Crippen molar-refractivity contribution in [3.8, 4) is 39.7 Å². The molecule has 0 atom stereocenters. The van der Waals surface area contributed by atoms with E-state index >= 15 is 0 Å². The predicted molar refractivity (Wildman–Crippen MR) is 104 cm³/mol. The number of imidazole rings is 1. The summed E-state index contributed by atoms with van der Waals surface area (Å²) >= 11 is 0. The van der Waals surface area contributed by atoms with E-state index in [0.29, 0.717) is 5.75 Å². The van der Waals surface area contributed by atoms with E-state index in [0.717, 1.165) is 33.9 Å². The number of aromatic nitrogens is 2. The van der Waals surface area contributed by atoms with Gasteiger partial charge in [-0.3, -0.25) is 0 Å². The summed E-state index contributed by atoms with van der Waals surface area (Å²) in [5, 5.41) is 10.8. The highest BCUT2D eigenvalue weighted by molar-refractivity contribution is 5.78. The molecule has 4 aromatic rings. The molecule has 1 aromatic heterocycles. The fourth-order valence-corrected chi connectivity index (χ4v) is 3.12. The number of H-pyrrole nitrogens is 2. The molecule has 0 spiro atoms. The van der Waals surface area contributed by atoms with Gasteiger partial charge in [0.25, 0.3) is 5.82 Å². The molecular formula is C23H18N2O3. The second-order valence-electron chi connectivity index (χ2n) is 6.26. The van der Waals surface area contributed by atoms with Gasteiger partial charge in [0.05, 0.1) is 5.97 Å². The van der Waals surface area contributed by atoms with Crippen LogP contribution in [0, 0.1) is 0 Å². The summed E-state index contributed by atoms with van der Waals surface area (Å²) in [6.07, 6.45) is 0. The number of carbonyl (C=O) groups excluding carboxylic acids is 1. The zero-order valence-corrected chi connectivity index (χ0v) is 15.0. The Bertz CT molecular complexity index is 1030. The van der Waals surface area contributed by atoms with Crippen LogP contribution in [0.25, 0.3) is 33.9 Å². The Balaban J connectivity index is 1.84. The lowest BCUT2D eigenvalue weighted by Crippen LogP contribution is -2.29. The number of hydrogen-bond acceptors (Lipinski definition) is 3. The second-order valence-corrected chi connectivity index (χ2v) is 6.26. The molecule has 0 saturated heterocycles. The number of benzene rings is 3. The van der Waals surface area contributed by atoms with Crippen LogP contribution < -0.4 is 14.8 Å². The second kappa shape index (κ2) is 7.80. The molecule has 4 rings (SSSR count). The molecule has 5 heteroatoms. The third-order valence-corrected chi connectivity index (χ3v) is 4.38. The van der Waals surface area contributed by atoms with Gasteiger partial charge in [0.2, 0.25) is 0 Å². The maximum absolute atomic E-state index is 10.8. The Labute approximate surface area is 162 Å². The molecule has 28 heavy (non-hydrogen) atoms. The van der Waals surface area contributed by atoms with Crippen LogP contribution in [0.4, 0.5) is 0 Å². The summed E-state index contributed by atoms with van der Waals surface area (Å²) in [6, 6.07) is 27.3. The number of rotatable bonds is 6. The van der Waals surface area contributed by atoms with E-state index in [2.05, 4.69) is 9.97 Å². The minimum Gasteiger partial charge on any atom is -0.546 e. The molecule has 0 aliphatic carbocycles. The maximum atomic E-state index is 10.8. The highest BCUT2D eigenvalue weighted by atomic mass is 16.5. The van der Waals surface area contributed by atoms with Crippen molar-refractivity contribution in [3.63, 3.8) is 0 Å². The summed E-state index contributed by atoms with van der Waals surface area (Å²) in [6.45, 7) is -0.505. The Morgan fingerprint density at radius 3 is 2.14 bits per heavy atom. The average Bonchev–Trinajstić information content (AvgIpc) is 3.19. The van der Waals surface area contributed by atoms with Crippen LogP contribution in [-0.2, 0) is 4.79 Å². The molecule has 0 unspecified atom stereocenters. The Kier molecular flexibility index (Phi) is 4.89. The maximum Gasteiger partial charge on any atom is 0.289 e. The number of aliphatic carboxylic acids is 1. The fourth-order valence-electron chi connectivity index (χ4n) is 3.12. The smallest absolute Gasteiger partial charge is 0.289 e. The summed E-state index contributed by atoms with van der Waals surface area (Å²) in [4.78, 5) is 17.7. The molecular weight excluding hydrogens is 352 g/mol. The number of hydrogen-bond donors (Lipinski definition) is 1. The zero-order chi connectivity index (χ0) is 19.3. The van der Waals surface area contributed by atoms with Gasteiger partial charge in [-0.1, -0.05) is 72.8 Å². The number of carboxylic acids is 1. The first-order valence-corrected chi connectivity index (χ1v) is 8.90. The van der Waals surface area contributed by atoms with Crippen molar-refractivity contribution in [2.45, 2.75) is 0 Å². The van der Waals surface area contributed by atoms with Crippen molar-refractivity contribution >= 4 is 5.97 Å². The van der Waals surface area contributed by atoms with Crippen LogP contribution >= 0.6 is 0 Å². The van der Waals surface area contributed by atoms with Gasteiger partial charge in [-0.15, -0.1) is 0 Å². The molecule has 5 nitrogen and oxygen atoms in total. The summed E-state index contributed by atoms with van der Waals surface area (Å²) < 4.78 is 5.41. The molecule has 0 aliphatic rings. The van der Waals surface area contributed by atoms with Gasteiger partial charge in [0.1, 0.15) is 17.9 Å². The molecule has 3 aromatic carbocycles. The van der Waals surface area contributed by atoms with Gasteiger partial charge in [0, 0.05) is 11.1 Å². The first kappa shape index (κ1) is 17.5. The Morgan fingerprint density at radius 2 is 1.46 bits per heavy atom. The van der Waals surface area contributed by atoms with E-state index in [1.165, 1.54) is 0 Å². The molecule has 0 bridgehead atoms. The molecule has 2 N–H and O–H groups in total.